The molecule has 0 aliphatic carbocycles. The summed E-state index contributed by atoms with van der Waals surface area (Å²) < 4.78 is 6.91. The van der Waals surface area contributed by atoms with Gasteiger partial charge in [-0.3, -0.25) is 4.79 Å². The summed E-state index contributed by atoms with van der Waals surface area (Å²) in [5.74, 6) is 1.39. The zero-order valence-corrected chi connectivity index (χ0v) is 15.7. The number of nitrogens with zero attached hydrogens (tertiary/aromatic N) is 4. The van der Waals surface area contributed by atoms with E-state index in [0.717, 1.165) is 4.90 Å². The zero-order valence-electron chi connectivity index (χ0n) is 14.1. The van der Waals surface area contributed by atoms with Crippen molar-refractivity contribution < 1.29 is 9.53 Å². The van der Waals surface area contributed by atoms with Gasteiger partial charge in [0.2, 0.25) is 5.91 Å². The maximum Gasteiger partial charge on any atom is 0.234 e. The molecule has 1 amide bonds. The fourth-order valence-corrected chi connectivity index (χ4v) is 3.09. The number of halogens is 1. The maximum atomic E-state index is 12.2. The summed E-state index contributed by atoms with van der Waals surface area (Å²) in [7, 11) is 1.57. The number of rotatable bonds is 6. The van der Waals surface area contributed by atoms with E-state index in [0.29, 0.717) is 28.0 Å². The van der Waals surface area contributed by atoms with Crippen molar-refractivity contribution in [1.29, 1.82) is 0 Å². The highest BCUT2D eigenvalue weighted by atomic mass is 35.5. The van der Waals surface area contributed by atoms with Crippen molar-refractivity contribution in [2.75, 3.05) is 18.2 Å². The minimum atomic E-state index is -0.116. The van der Waals surface area contributed by atoms with Crippen LogP contribution < -0.4 is 10.1 Å². The number of tetrazole rings is 1. The number of anilines is 1. The number of hydrogen-bond acceptors (Lipinski definition) is 6. The van der Waals surface area contributed by atoms with Crippen LogP contribution in [0.4, 0.5) is 5.69 Å². The quantitative estimate of drug-likeness (QED) is 0.651. The van der Waals surface area contributed by atoms with Gasteiger partial charge in [-0.1, -0.05) is 11.6 Å². The molecule has 1 N–H and O–H groups in total. The van der Waals surface area contributed by atoms with Gasteiger partial charge in [-0.15, -0.1) is 16.9 Å². The Morgan fingerprint density at radius 1 is 1.27 bits per heavy atom. The van der Waals surface area contributed by atoms with Crippen LogP contribution in [0.1, 0.15) is 5.82 Å². The number of hydrogen-bond donors (Lipinski definition) is 1. The Bertz CT molecular complexity index is 914. The molecular formula is C17H16ClN5O2S. The third-order valence-electron chi connectivity index (χ3n) is 3.50. The van der Waals surface area contributed by atoms with Crippen LogP contribution in [-0.4, -0.2) is 39.0 Å². The highest BCUT2D eigenvalue weighted by Gasteiger charge is 2.12. The van der Waals surface area contributed by atoms with Crippen LogP contribution in [0.2, 0.25) is 5.02 Å². The molecule has 0 spiro atoms. The van der Waals surface area contributed by atoms with Gasteiger partial charge < -0.3 is 10.1 Å². The standard InChI is InChI=1S/C17H16ClN5O2S/c1-11-20-21-22-23(11)15-9-13(5-8-16(15)25-2)19-17(24)10-26-14-6-3-12(18)4-7-14/h3-9H,10H2,1-2H3,(H,19,24). The van der Waals surface area contributed by atoms with E-state index in [2.05, 4.69) is 20.8 Å². The molecule has 26 heavy (non-hydrogen) atoms. The largest absolute Gasteiger partial charge is 0.494 e. The van der Waals surface area contributed by atoms with Crippen LogP contribution in [0.5, 0.6) is 5.75 Å². The van der Waals surface area contributed by atoms with E-state index in [1.165, 1.54) is 11.8 Å². The summed E-state index contributed by atoms with van der Waals surface area (Å²) in [6, 6.07) is 12.7. The Labute approximate surface area is 159 Å². The Morgan fingerprint density at radius 2 is 2.04 bits per heavy atom. The Kier molecular flexibility index (Phi) is 5.75. The van der Waals surface area contributed by atoms with Crippen molar-refractivity contribution in [3.05, 3.63) is 53.3 Å². The number of methoxy groups -OCH3 is 1. The van der Waals surface area contributed by atoms with E-state index in [-0.39, 0.29) is 11.7 Å². The first-order valence-electron chi connectivity index (χ1n) is 7.68. The Hall–Kier alpha value is -2.58. The average molecular weight is 390 g/mol. The lowest BCUT2D eigenvalue weighted by atomic mass is 10.2. The first-order valence-corrected chi connectivity index (χ1v) is 9.05. The van der Waals surface area contributed by atoms with Gasteiger partial charge in [0.15, 0.2) is 5.82 Å². The second-order valence-electron chi connectivity index (χ2n) is 5.32. The molecule has 3 aromatic rings. The van der Waals surface area contributed by atoms with Gasteiger partial charge in [0.1, 0.15) is 11.4 Å². The molecule has 0 fully saturated rings. The summed E-state index contributed by atoms with van der Waals surface area (Å²) >= 11 is 7.30. The van der Waals surface area contributed by atoms with E-state index in [4.69, 9.17) is 16.3 Å². The van der Waals surface area contributed by atoms with Gasteiger partial charge in [0.25, 0.3) is 0 Å². The van der Waals surface area contributed by atoms with Crippen LogP contribution >= 0.6 is 23.4 Å². The van der Waals surface area contributed by atoms with Crippen LogP contribution in [-0.2, 0) is 4.79 Å². The summed E-state index contributed by atoms with van der Waals surface area (Å²) in [4.78, 5) is 13.2. The van der Waals surface area contributed by atoms with Crippen molar-refractivity contribution in [2.24, 2.45) is 0 Å². The molecule has 0 saturated heterocycles. The van der Waals surface area contributed by atoms with Crippen molar-refractivity contribution in [3.63, 3.8) is 0 Å². The van der Waals surface area contributed by atoms with Gasteiger partial charge in [-0.25, -0.2) is 0 Å². The second-order valence-corrected chi connectivity index (χ2v) is 6.80. The van der Waals surface area contributed by atoms with Crippen LogP contribution in [0.25, 0.3) is 5.69 Å². The minimum absolute atomic E-state index is 0.116. The van der Waals surface area contributed by atoms with E-state index in [1.807, 2.05) is 12.1 Å². The van der Waals surface area contributed by atoms with E-state index in [1.54, 1.807) is 49.0 Å². The van der Waals surface area contributed by atoms with Gasteiger partial charge in [0, 0.05) is 15.6 Å². The third-order valence-corrected chi connectivity index (χ3v) is 4.76. The monoisotopic (exact) mass is 389 g/mol. The third kappa shape index (κ3) is 4.33. The van der Waals surface area contributed by atoms with Crippen LogP contribution in [0.15, 0.2) is 47.4 Å². The number of amides is 1. The number of nitrogens with one attached hydrogen (secondary N) is 1. The smallest absolute Gasteiger partial charge is 0.234 e. The van der Waals surface area contributed by atoms with E-state index in [9.17, 15) is 4.79 Å². The number of carbonyl (C=O) groups is 1. The number of carbonyl (C=O) groups excluding carboxylic acids is 1. The Balaban J connectivity index is 1.70. The van der Waals surface area contributed by atoms with Crippen molar-refractivity contribution in [2.45, 2.75) is 11.8 Å². The predicted molar refractivity (Wildman–Crippen MR) is 101 cm³/mol. The van der Waals surface area contributed by atoms with E-state index >= 15 is 0 Å². The maximum absolute atomic E-state index is 12.2. The number of aromatic nitrogens is 4. The number of aryl methyl sites for hydroxylation is 1. The molecule has 9 heteroatoms. The molecule has 0 atom stereocenters. The van der Waals surface area contributed by atoms with Gasteiger partial charge >= 0.3 is 0 Å². The zero-order chi connectivity index (χ0) is 18.5. The lowest BCUT2D eigenvalue weighted by Gasteiger charge is -2.12. The molecule has 1 aromatic heterocycles. The average Bonchev–Trinajstić information content (AvgIpc) is 3.07. The summed E-state index contributed by atoms with van der Waals surface area (Å²) in [5.41, 5.74) is 1.29. The molecule has 134 valence electrons. The van der Waals surface area contributed by atoms with Crippen molar-refractivity contribution >= 4 is 35.0 Å². The van der Waals surface area contributed by atoms with Gasteiger partial charge in [0.05, 0.1) is 12.9 Å². The van der Waals surface area contributed by atoms with Gasteiger partial charge in [-0.05, 0) is 59.8 Å². The van der Waals surface area contributed by atoms with E-state index < -0.39 is 0 Å². The fraction of sp³-hybridized carbons (Fsp3) is 0.176. The first kappa shape index (κ1) is 18.2. The summed E-state index contributed by atoms with van der Waals surface area (Å²) in [6.07, 6.45) is 0. The molecule has 0 unspecified atom stereocenters. The molecule has 2 aromatic carbocycles. The van der Waals surface area contributed by atoms with Gasteiger partial charge in [-0.2, -0.15) is 4.68 Å². The second kappa shape index (κ2) is 8.20. The fourth-order valence-electron chi connectivity index (χ4n) is 2.26. The van der Waals surface area contributed by atoms with Crippen LogP contribution in [0.3, 0.4) is 0 Å². The highest BCUT2D eigenvalue weighted by molar-refractivity contribution is 8.00. The predicted octanol–water partition coefficient (Wildman–Crippen LogP) is 3.36. The summed E-state index contributed by atoms with van der Waals surface area (Å²) in [5, 5.41) is 15.0. The number of thioether (sulfide) groups is 1. The molecule has 0 radical (unpaired) electrons. The Morgan fingerprint density at radius 3 is 2.69 bits per heavy atom. The topological polar surface area (TPSA) is 81.9 Å². The first-order chi connectivity index (χ1) is 12.6. The molecule has 1 heterocycles. The van der Waals surface area contributed by atoms with Crippen LogP contribution in [0, 0.1) is 6.92 Å². The molecule has 0 aliphatic rings. The lowest BCUT2D eigenvalue weighted by Crippen LogP contribution is -2.14. The summed E-state index contributed by atoms with van der Waals surface area (Å²) in [6.45, 7) is 1.79. The molecule has 0 aliphatic heterocycles. The highest BCUT2D eigenvalue weighted by Crippen LogP contribution is 2.27. The normalized spacial score (nSPS) is 10.6. The number of ether oxygens (including phenoxy) is 1. The van der Waals surface area contributed by atoms with Crippen molar-refractivity contribution in [3.8, 4) is 11.4 Å². The minimum Gasteiger partial charge on any atom is -0.494 e. The molecule has 3 rings (SSSR count). The molecular weight excluding hydrogens is 374 g/mol. The molecule has 0 saturated carbocycles. The SMILES string of the molecule is COc1ccc(NC(=O)CSc2ccc(Cl)cc2)cc1-n1nnnc1C. The lowest BCUT2D eigenvalue weighted by molar-refractivity contribution is -0.113. The molecule has 7 nitrogen and oxygen atoms in total. The molecule has 0 bridgehead atoms. The number of benzene rings is 2. The van der Waals surface area contributed by atoms with Crippen molar-refractivity contribution in [1.82, 2.24) is 20.2 Å².